The van der Waals surface area contributed by atoms with Gasteiger partial charge in [0.05, 0.1) is 5.41 Å². The lowest BCUT2D eigenvalue weighted by atomic mass is 9.76. The first-order chi connectivity index (χ1) is 8.95. The van der Waals surface area contributed by atoms with Crippen LogP contribution in [0, 0.1) is 5.41 Å². The van der Waals surface area contributed by atoms with Gasteiger partial charge < -0.3 is 15.7 Å². The van der Waals surface area contributed by atoms with E-state index < -0.39 is 11.4 Å². The zero-order valence-electron chi connectivity index (χ0n) is 12.0. The fraction of sp³-hybridized carbons (Fsp3) is 0.857. The Hall–Kier alpha value is -1.10. The molecule has 0 saturated carbocycles. The van der Waals surface area contributed by atoms with E-state index in [-0.39, 0.29) is 11.9 Å². The van der Waals surface area contributed by atoms with E-state index in [0.717, 1.165) is 19.3 Å². The van der Waals surface area contributed by atoms with Gasteiger partial charge in [-0.05, 0) is 25.7 Å². The van der Waals surface area contributed by atoms with Crippen molar-refractivity contribution in [2.24, 2.45) is 11.1 Å². The number of hydrogen-bond acceptors (Lipinski definition) is 3. The summed E-state index contributed by atoms with van der Waals surface area (Å²) < 4.78 is 0. The van der Waals surface area contributed by atoms with E-state index in [9.17, 15) is 14.7 Å². The maximum atomic E-state index is 12.1. The summed E-state index contributed by atoms with van der Waals surface area (Å²) in [4.78, 5) is 25.4. The Bertz CT molecular complexity index is 329. The number of rotatable bonds is 6. The van der Waals surface area contributed by atoms with Crippen LogP contribution in [0.2, 0.25) is 0 Å². The molecule has 1 aliphatic heterocycles. The normalized spacial score (nSPS) is 25.1. The molecule has 0 spiro atoms. The van der Waals surface area contributed by atoms with Gasteiger partial charge in [0.15, 0.2) is 0 Å². The standard InChI is InChI=1S/C14H26N2O3/c1-3-6-14(13(18)19)7-5-8-16(10-14)12(17)9-11(15)4-2/h11H,3-10,15H2,1-2H3,(H,18,19). The van der Waals surface area contributed by atoms with Gasteiger partial charge in [0.2, 0.25) is 5.91 Å². The van der Waals surface area contributed by atoms with Gasteiger partial charge in [0, 0.05) is 25.6 Å². The molecule has 5 heteroatoms. The van der Waals surface area contributed by atoms with Gasteiger partial charge in [-0.1, -0.05) is 20.3 Å². The van der Waals surface area contributed by atoms with Gasteiger partial charge in [-0.25, -0.2) is 0 Å². The molecule has 2 atom stereocenters. The van der Waals surface area contributed by atoms with Gasteiger partial charge in [-0.2, -0.15) is 0 Å². The Morgan fingerprint density at radius 1 is 1.42 bits per heavy atom. The van der Waals surface area contributed by atoms with Crippen molar-refractivity contribution < 1.29 is 14.7 Å². The number of nitrogens with zero attached hydrogens (tertiary/aromatic N) is 1. The zero-order chi connectivity index (χ0) is 14.5. The number of carboxylic acids is 1. The highest BCUT2D eigenvalue weighted by atomic mass is 16.4. The first-order valence-corrected chi connectivity index (χ1v) is 7.22. The predicted octanol–water partition coefficient (Wildman–Crippen LogP) is 1.61. The molecule has 5 nitrogen and oxygen atoms in total. The molecule has 1 heterocycles. The van der Waals surface area contributed by atoms with Gasteiger partial charge in [-0.15, -0.1) is 0 Å². The second-order valence-corrected chi connectivity index (χ2v) is 5.63. The largest absolute Gasteiger partial charge is 0.481 e. The Balaban J connectivity index is 2.71. The second-order valence-electron chi connectivity index (χ2n) is 5.63. The molecule has 0 bridgehead atoms. The smallest absolute Gasteiger partial charge is 0.311 e. The van der Waals surface area contributed by atoms with Crippen molar-refractivity contribution in [2.45, 2.75) is 58.4 Å². The van der Waals surface area contributed by atoms with E-state index in [2.05, 4.69) is 0 Å². The monoisotopic (exact) mass is 270 g/mol. The number of nitrogens with two attached hydrogens (primary N) is 1. The van der Waals surface area contributed by atoms with Crippen molar-refractivity contribution in [3.05, 3.63) is 0 Å². The summed E-state index contributed by atoms with van der Waals surface area (Å²) in [6.45, 7) is 4.94. The molecule has 3 N–H and O–H groups in total. The number of carbonyl (C=O) groups is 2. The van der Waals surface area contributed by atoms with E-state index in [4.69, 9.17) is 5.73 Å². The number of amides is 1. The third kappa shape index (κ3) is 3.93. The van der Waals surface area contributed by atoms with Crippen molar-refractivity contribution in [1.29, 1.82) is 0 Å². The van der Waals surface area contributed by atoms with Crippen LogP contribution in [0.15, 0.2) is 0 Å². The van der Waals surface area contributed by atoms with Crippen LogP contribution in [-0.4, -0.2) is 41.0 Å². The summed E-state index contributed by atoms with van der Waals surface area (Å²) in [5.74, 6) is -0.776. The van der Waals surface area contributed by atoms with E-state index in [1.54, 1.807) is 4.90 Å². The van der Waals surface area contributed by atoms with E-state index in [1.165, 1.54) is 0 Å². The molecule has 0 aliphatic carbocycles. The minimum atomic E-state index is -0.772. The highest BCUT2D eigenvalue weighted by Crippen LogP contribution is 2.35. The lowest BCUT2D eigenvalue weighted by Gasteiger charge is -2.40. The van der Waals surface area contributed by atoms with E-state index >= 15 is 0 Å². The minimum Gasteiger partial charge on any atom is -0.481 e. The lowest BCUT2D eigenvalue weighted by molar-refractivity contribution is -0.155. The Morgan fingerprint density at radius 3 is 2.63 bits per heavy atom. The molecule has 1 aliphatic rings. The number of piperidine rings is 1. The topological polar surface area (TPSA) is 83.6 Å². The Labute approximate surface area is 115 Å². The quantitative estimate of drug-likeness (QED) is 0.768. The van der Waals surface area contributed by atoms with Crippen LogP contribution in [0.5, 0.6) is 0 Å². The van der Waals surface area contributed by atoms with Crippen LogP contribution >= 0.6 is 0 Å². The fourth-order valence-corrected chi connectivity index (χ4v) is 2.81. The summed E-state index contributed by atoms with van der Waals surface area (Å²) in [5, 5.41) is 9.48. The van der Waals surface area contributed by atoms with Crippen LogP contribution in [0.25, 0.3) is 0 Å². The van der Waals surface area contributed by atoms with Crippen molar-refractivity contribution in [2.75, 3.05) is 13.1 Å². The third-order valence-corrected chi connectivity index (χ3v) is 4.07. The zero-order valence-corrected chi connectivity index (χ0v) is 12.0. The van der Waals surface area contributed by atoms with Crippen molar-refractivity contribution >= 4 is 11.9 Å². The summed E-state index contributed by atoms with van der Waals surface area (Å²) in [5.41, 5.74) is 5.05. The van der Waals surface area contributed by atoms with Crippen molar-refractivity contribution in [3.63, 3.8) is 0 Å². The van der Waals surface area contributed by atoms with Gasteiger partial charge >= 0.3 is 5.97 Å². The van der Waals surface area contributed by atoms with E-state index in [0.29, 0.717) is 32.4 Å². The highest BCUT2D eigenvalue weighted by molar-refractivity contribution is 5.80. The SMILES string of the molecule is CCCC1(C(=O)O)CCCN(C(=O)CC(N)CC)C1. The maximum Gasteiger partial charge on any atom is 0.311 e. The molecule has 110 valence electrons. The number of carboxylic acid groups (broad SMARTS) is 1. The molecule has 0 radical (unpaired) electrons. The lowest BCUT2D eigenvalue weighted by Crippen LogP contribution is -2.50. The highest BCUT2D eigenvalue weighted by Gasteiger charge is 2.42. The van der Waals surface area contributed by atoms with Crippen LogP contribution in [0.4, 0.5) is 0 Å². The second kappa shape index (κ2) is 6.89. The molecule has 1 amide bonds. The number of aliphatic carboxylic acids is 1. The van der Waals surface area contributed by atoms with Gasteiger partial charge in [0.25, 0.3) is 0 Å². The number of carbonyl (C=O) groups excluding carboxylic acids is 1. The molecule has 2 unspecified atom stereocenters. The molecule has 0 aromatic heterocycles. The van der Waals surface area contributed by atoms with Crippen LogP contribution in [0.3, 0.4) is 0 Å². The maximum absolute atomic E-state index is 12.1. The van der Waals surface area contributed by atoms with Crippen LogP contribution < -0.4 is 5.73 Å². The molecular weight excluding hydrogens is 244 g/mol. The number of likely N-dealkylation sites (tertiary alicyclic amines) is 1. The Morgan fingerprint density at radius 2 is 2.11 bits per heavy atom. The van der Waals surface area contributed by atoms with Crippen molar-refractivity contribution in [3.8, 4) is 0 Å². The minimum absolute atomic E-state index is 0.00391. The summed E-state index contributed by atoms with van der Waals surface area (Å²) in [6, 6.07) is -0.125. The summed E-state index contributed by atoms with van der Waals surface area (Å²) >= 11 is 0. The first-order valence-electron chi connectivity index (χ1n) is 7.22. The van der Waals surface area contributed by atoms with Crippen LogP contribution in [-0.2, 0) is 9.59 Å². The molecule has 1 saturated heterocycles. The molecule has 0 aromatic carbocycles. The summed E-state index contributed by atoms with van der Waals surface area (Å²) in [7, 11) is 0. The molecule has 1 rings (SSSR count). The average molecular weight is 270 g/mol. The molecule has 1 fully saturated rings. The predicted molar refractivity (Wildman–Crippen MR) is 73.7 cm³/mol. The summed E-state index contributed by atoms with van der Waals surface area (Å²) in [6.07, 6.45) is 3.96. The molecule has 19 heavy (non-hydrogen) atoms. The first kappa shape index (κ1) is 16.0. The molecular formula is C14H26N2O3. The van der Waals surface area contributed by atoms with Gasteiger partial charge in [-0.3, -0.25) is 9.59 Å². The fourth-order valence-electron chi connectivity index (χ4n) is 2.81. The Kier molecular flexibility index (Phi) is 5.79. The number of hydrogen-bond donors (Lipinski definition) is 2. The average Bonchev–Trinajstić information content (AvgIpc) is 2.39. The van der Waals surface area contributed by atoms with Crippen LogP contribution in [0.1, 0.15) is 52.4 Å². The van der Waals surface area contributed by atoms with Crippen molar-refractivity contribution in [1.82, 2.24) is 4.90 Å². The van der Waals surface area contributed by atoms with Gasteiger partial charge in [0.1, 0.15) is 0 Å². The molecule has 0 aromatic rings. The van der Waals surface area contributed by atoms with E-state index in [1.807, 2.05) is 13.8 Å². The third-order valence-electron chi connectivity index (χ3n) is 4.07.